The van der Waals surface area contributed by atoms with E-state index in [-0.39, 0.29) is 16.4 Å². The Kier molecular flexibility index (Phi) is 3.52. The predicted molar refractivity (Wildman–Crippen MR) is 97.7 cm³/mol. The van der Waals surface area contributed by atoms with Crippen LogP contribution in [0.4, 0.5) is 5.82 Å². The topological polar surface area (TPSA) is 95.1 Å². The molecule has 2 aromatic carbocycles. The first-order chi connectivity index (χ1) is 12.4. The molecule has 2 heterocycles. The number of benzene rings is 2. The van der Waals surface area contributed by atoms with Crippen LogP contribution in [0, 0.1) is 17.0 Å². The SMILES string of the molecule is Cc1nc([N+](=O)[O-])cc2c3ccccc3n(S(=O)(=O)c3ccccc3)c12. The highest BCUT2D eigenvalue weighted by Crippen LogP contribution is 2.35. The summed E-state index contributed by atoms with van der Waals surface area (Å²) in [4.78, 5) is 14.7. The van der Waals surface area contributed by atoms with Gasteiger partial charge in [-0.15, -0.1) is 0 Å². The first kappa shape index (κ1) is 16.2. The quantitative estimate of drug-likeness (QED) is 0.407. The number of fused-ring (bicyclic) bond motifs is 3. The first-order valence-electron chi connectivity index (χ1n) is 7.77. The Morgan fingerprint density at radius 3 is 2.35 bits per heavy atom. The summed E-state index contributed by atoms with van der Waals surface area (Å²) in [5.41, 5.74) is 1.09. The summed E-state index contributed by atoms with van der Waals surface area (Å²) < 4.78 is 27.8. The highest BCUT2D eigenvalue weighted by Gasteiger charge is 2.27. The van der Waals surface area contributed by atoms with Gasteiger partial charge in [-0.3, -0.25) is 0 Å². The van der Waals surface area contributed by atoms with Gasteiger partial charge in [0.25, 0.3) is 10.0 Å². The number of pyridine rings is 1. The molecular weight excluding hydrogens is 354 g/mol. The summed E-state index contributed by atoms with van der Waals surface area (Å²) in [5.74, 6) is -0.310. The van der Waals surface area contributed by atoms with E-state index < -0.39 is 14.9 Å². The number of rotatable bonds is 3. The molecule has 8 heteroatoms. The van der Waals surface area contributed by atoms with Crippen molar-refractivity contribution in [2.45, 2.75) is 11.8 Å². The van der Waals surface area contributed by atoms with E-state index in [0.717, 1.165) is 0 Å². The van der Waals surface area contributed by atoms with Gasteiger partial charge >= 0.3 is 5.82 Å². The Labute approximate surface area is 148 Å². The van der Waals surface area contributed by atoms with E-state index in [0.29, 0.717) is 21.8 Å². The molecule has 0 spiro atoms. The smallest absolute Gasteiger partial charge is 0.358 e. The molecule has 0 fully saturated rings. The molecular formula is C18H13N3O4S. The lowest BCUT2D eigenvalue weighted by Crippen LogP contribution is -2.13. The van der Waals surface area contributed by atoms with E-state index in [1.807, 2.05) is 0 Å². The van der Waals surface area contributed by atoms with Gasteiger partial charge in [0.05, 0.1) is 10.4 Å². The van der Waals surface area contributed by atoms with Crippen molar-refractivity contribution in [3.05, 3.63) is 76.5 Å². The minimum Gasteiger partial charge on any atom is -0.358 e. The van der Waals surface area contributed by atoms with Crippen LogP contribution in [0.5, 0.6) is 0 Å². The van der Waals surface area contributed by atoms with Gasteiger partial charge in [0, 0.05) is 23.8 Å². The molecule has 0 aliphatic heterocycles. The molecule has 0 bridgehead atoms. The molecule has 4 rings (SSSR count). The second kappa shape index (κ2) is 5.63. The Bertz CT molecular complexity index is 1280. The van der Waals surface area contributed by atoms with Crippen LogP contribution < -0.4 is 0 Å². The van der Waals surface area contributed by atoms with Gasteiger partial charge in [-0.05, 0) is 28.1 Å². The molecule has 130 valence electrons. The minimum absolute atomic E-state index is 0.139. The normalized spacial score (nSPS) is 11.9. The number of nitro groups is 1. The van der Waals surface area contributed by atoms with Crippen LogP contribution in [0.25, 0.3) is 21.8 Å². The van der Waals surface area contributed by atoms with Crippen molar-refractivity contribution in [1.82, 2.24) is 8.96 Å². The van der Waals surface area contributed by atoms with Crippen LogP contribution in [0.15, 0.2) is 65.6 Å². The largest absolute Gasteiger partial charge is 0.364 e. The van der Waals surface area contributed by atoms with Crippen molar-refractivity contribution >= 4 is 37.6 Å². The van der Waals surface area contributed by atoms with Gasteiger partial charge in [0.2, 0.25) is 0 Å². The van der Waals surface area contributed by atoms with Crippen molar-refractivity contribution < 1.29 is 13.3 Å². The average Bonchev–Trinajstić information content (AvgIpc) is 2.98. The van der Waals surface area contributed by atoms with Gasteiger partial charge < -0.3 is 10.1 Å². The van der Waals surface area contributed by atoms with Crippen LogP contribution >= 0.6 is 0 Å². The summed E-state index contributed by atoms with van der Waals surface area (Å²) >= 11 is 0. The fourth-order valence-electron chi connectivity index (χ4n) is 3.15. The zero-order valence-corrected chi connectivity index (χ0v) is 14.5. The summed E-state index contributed by atoms with van der Waals surface area (Å²) in [6.07, 6.45) is 0. The molecule has 0 atom stereocenters. The second-order valence-corrected chi connectivity index (χ2v) is 7.61. The van der Waals surface area contributed by atoms with Crippen LogP contribution in [0.3, 0.4) is 0 Å². The fraction of sp³-hybridized carbons (Fsp3) is 0.0556. The van der Waals surface area contributed by atoms with Gasteiger partial charge in [-0.25, -0.2) is 12.4 Å². The minimum atomic E-state index is -3.90. The Morgan fingerprint density at radius 2 is 1.65 bits per heavy atom. The molecule has 26 heavy (non-hydrogen) atoms. The molecule has 0 radical (unpaired) electrons. The molecule has 0 saturated carbocycles. The monoisotopic (exact) mass is 367 g/mol. The van der Waals surface area contributed by atoms with Crippen LogP contribution in [0.1, 0.15) is 5.69 Å². The zero-order valence-electron chi connectivity index (χ0n) is 13.7. The lowest BCUT2D eigenvalue weighted by molar-refractivity contribution is -0.389. The van der Waals surface area contributed by atoms with E-state index in [1.54, 1.807) is 49.4 Å². The number of nitrogens with zero attached hydrogens (tertiary/aromatic N) is 3. The molecule has 2 aromatic heterocycles. The van der Waals surface area contributed by atoms with E-state index in [4.69, 9.17) is 0 Å². The molecule has 0 amide bonds. The number of aryl methyl sites for hydroxylation is 1. The molecule has 4 aromatic rings. The molecule has 0 aliphatic carbocycles. The maximum atomic E-state index is 13.3. The maximum Gasteiger partial charge on any atom is 0.364 e. The Balaban J connectivity index is 2.20. The van der Waals surface area contributed by atoms with Crippen LogP contribution in [-0.2, 0) is 10.0 Å². The van der Waals surface area contributed by atoms with Gasteiger partial charge in [0.15, 0.2) is 5.69 Å². The third kappa shape index (κ3) is 2.26. The maximum absolute atomic E-state index is 13.3. The number of hydrogen-bond acceptors (Lipinski definition) is 5. The van der Waals surface area contributed by atoms with E-state index in [1.165, 1.54) is 22.2 Å². The van der Waals surface area contributed by atoms with Gasteiger partial charge in [-0.2, -0.15) is 0 Å². The fourth-order valence-corrected chi connectivity index (χ4v) is 4.75. The van der Waals surface area contributed by atoms with Crippen LogP contribution in [-0.4, -0.2) is 22.3 Å². The third-order valence-electron chi connectivity index (χ3n) is 4.24. The predicted octanol–water partition coefficient (Wildman–Crippen LogP) is 3.64. The van der Waals surface area contributed by atoms with Crippen molar-refractivity contribution in [2.75, 3.05) is 0 Å². The standard InChI is InChI=1S/C18H13N3O4S/c1-12-18-15(11-17(19-12)21(22)23)14-9-5-6-10-16(14)20(18)26(24,25)13-7-3-2-4-8-13/h2-11H,1H3. The van der Waals surface area contributed by atoms with Crippen molar-refractivity contribution in [2.24, 2.45) is 0 Å². The van der Waals surface area contributed by atoms with Crippen LogP contribution in [0.2, 0.25) is 0 Å². The molecule has 0 aliphatic rings. The number of hydrogen-bond donors (Lipinski definition) is 0. The summed E-state index contributed by atoms with van der Waals surface area (Å²) in [6, 6.07) is 16.3. The van der Waals surface area contributed by atoms with Crippen molar-refractivity contribution in [1.29, 1.82) is 0 Å². The van der Waals surface area contributed by atoms with Gasteiger partial charge in [0.1, 0.15) is 5.52 Å². The average molecular weight is 367 g/mol. The number of aromatic nitrogens is 2. The van der Waals surface area contributed by atoms with Crippen molar-refractivity contribution in [3.8, 4) is 0 Å². The highest BCUT2D eigenvalue weighted by atomic mass is 32.2. The van der Waals surface area contributed by atoms with Crippen molar-refractivity contribution in [3.63, 3.8) is 0 Å². The molecule has 7 nitrogen and oxygen atoms in total. The Hall–Kier alpha value is -3.26. The molecule has 0 unspecified atom stereocenters. The summed E-state index contributed by atoms with van der Waals surface area (Å²) in [6.45, 7) is 1.57. The zero-order chi connectivity index (χ0) is 18.5. The summed E-state index contributed by atoms with van der Waals surface area (Å²) in [5, 5.41) is 12.3. The lowest BCUT2D eigenvalue weighted by Gasteiger charge is -2.09. The van der Waals surface area contributed by atoms with Gasteiger partial charge in [-0.1, -0.05) is 36.4 Å². The molecule has 0 saturated heterocycles. The number of para-hydroxylation sites is 1. The lowest BCUT2D eigenvalue weighted by atomic mass is 10.1. The Morgan fingerprint density at radius 1 is 1.00 bits per heavy atom. The van der Waals surface area contributed by atoms with E-state index in [2.05, 4.69) is 4.98 Å². The second-order valence-electron chi connectivity index (χ2n) is 5.82. The molecule has 0 N–H and O–H groups in total. The third-order valence-corrected chi connectivity index (χ3v) is 5.97. The first-order valence-corrected chi connectivity index (χ1v) is 9.21. The van der Waals surface area contributed by atoms with E-state index >= 15 is 0 Å². The van der Waals surface area contributed by atoms with E-state index in [9.17, 15) is 18.5 Å². The highest BCUT2D eigenvalue weighted by molar-refractivity contribution is 7.90. The summed E-state index contributed by atoms with van der Waals surface area (Å²) in [7, 11) is -3.90.